The van der Waals surface area contributed by atoms with E-state index in [1.807, 2.05) is 53.3 Å². The maximum Gasteiger partial charge on any atom is 0.309 e. The third-order valence-corrected chi connectivity index (χ3v) is 16.7. The number of oxazole rings is 1. The normalized spacial score (nSPS) is 24.8. The van der Waals surface area contributed by atoms with Gasteiger partial charge in [0, 0.05) is 47.2 Å². The Balaban J connectivity index is 0.927. The van der Waals surface area contributed by atoms with E-state index in [0.29, 0.717) is 85.7 Å². The third kappa shape index (κ3) is 6.78. The average molecular weight is 877 g/mol. The summed E-state index contributed by atoms with van der Waals surface area (Å²) in [6.07, 6.45) is 11.3. The lowest BCUT2D eigenvalue weighted by Crippen LogP contribution is -2.56. The largest absolute Gasteiger partial charge is 0.496 e. The summed E-state index contributed by atoms with van der Waals surface area (Å²) in [5, 5.41) is 36.0. The van der Waals surface area contributed by atoms with E-state index in [1.165, 1.54) is 0 Å². The van der Waals surface area contributed by atoms with Gasteiger partial charge in [-0.15, -0.1) is 0 Å². The number of carbonyl (C=O) groups is 2. The first-order chi connectivity index (χ1) is 31.3. The second-order valence-electron chi connectivity index (χ2n) is 19.6. The molecule has 6 saturated carbocycles. The van der Waals surface area contributed by atoms with E-state index in [2.05, 4.69) is 55.1 Å². The van der Waals surface area contributed by atoms with Gasteiger partial charge in [0.25, 0.3) is 0 Å². The fraction of sp³-hybridized carbons (Fsp3) is 0.442. The van der Waals surface area contributed by atoms with Crippen LogP contribution in [0.4, 0.5) is 0 Å². The molecule has 2 heterocycles. The van der Waals surface area contributed by atoms with Crippen molar-refractivity contribution in [1.82, 2.24) is 24.6 Å². The smallest absolute Gasteiger partial charge is 0.309 e. The number of rotatable bonds is 13. The molecule has 2 N–H and O–H groups in total. The van der Waals surface area contributed by atoms with Crippen molar-refractivity contribution in [3.8, 4) is 45.8 Å². The predicted molar refractivity (Wildman–Crippen MR) is 246 cm³/mol. The van der Waals surface area contributed by atoms with Crippen LogP contribution < -0.4 is 9.47 Å². The number of ether oxygens (including phenoxy) is 2. The number of aromatic nitrogens is 3. The first-order valence-corrected chi connectivity index (χ1v) is 22.8. The van der Waals surface area contributed by atoms with Gasteiger partial charge in [-0.05, 0) is 145 Å². The summed E-state index contributed by atoms with van der Waals surface area (Å²) in [4.78, 5) is 33.9. The Morgan fingerprint density at radius 2 is 1.31 bits per heavy atom. The van der Waals surface area contributed by atoms with Crippen molar-refractivity contribution in [2.75, 3.05) is 28.3 Å². The molecular formula is C52H56N6O7. The van der Waals surface area contributed by atoms with Crippen molar-refractivity contribution >= 4 is 33.9 Å². The number of carboxylic acid groups (broad SMARTS) is 2. The number of nitrogens with zero attached hydrogens (tertiary/aromatic N) is 6. The summed E-state index contributed by atoms with van der Waals surface area (Å²) in [6, 6.07) is 22.6. The molecule has 0 spiro atoms. The monoisotopic (exact) mass is 876 g/mol. The Labute approximate surface area is 378 Å². The van der Waals surface area contributed by atoms with Gasteiger partial charge < -0.3 is 24.1 Å². The minimum absolute atomic E-state index is 0.0428. The van der Waals surface area contributed by atoms with Crippen LogP contribution in [-0.4, -0.2) is 86.1 Å². The number of fused-ring (bicyclic) bond motifs is 8. The Bertz CT molecular complexity index is 2870. The molecule has 0 saturated heterocycles. The minimum atomic E-state index is -0.657. The van der Waals surface area contributed by atoms with Gasteiger partial charge in [-0.2, -0.15) is 10.4 Å². The van der Waals surface area contributed by atoms with Crippen molar-refractivity contribution in [3.63, 3.8) is 0 Å². The molecule has 4 bridgehead atoms. The van der Waals surface area contributed by atoms with Gasteiger partial charge in [0.05, 0.1) is 53.6 Å². The molecule has 2 aromatic heterocycles. The van der Waals surface area contributed by atoms with Gasteiger partial charge in [-0.3, -0.25) is 19.4 Å². The Kier molecular flexibility index (Phi) is 10.3. The molecule has 4 aromatic carbocycles. The number of hydrogen-bond acceptors (Lipinski definition) is 10. The predicted octanol–water partition coefficient (Wildman–Crippen LogP) is 9.92. The molecule has 12 rings (SSSR count). The van der Waals surface area contributed by atoms with Gasteiger partial charge in [-0.1, -0.05) is 24.3 Å². The molecule has 0 radical (unpaired) electrons. The molecule has 0 aliphatic heterocycles. The zero-order chi connectivity index (χ0) is 45.5. The number of methoxy groups -OCH3 is 2. The number of nitriles is 1. The minimum Gasteiger partial charge on any atom is -0.496 e. The Morgan fingerprint density at radius 1 is 0.769 bits per heavy atom. The van der Waals surface area contributed by atoms with Crippen LogP contribution in [0.5, 0.6) is 11.5 Å². The molecule has 6 aliphatic rings. The molecule has 6 fully saturated rings. The molecule has 65 heavy (non-hydrogen) atoms. The first kappa shape index (κ1) is 42.7. The molecule has 13 nitrogen and oxygen atoms in total. The van der Waals surface area contributed by atoms with Crippen molar-refractivity contribution in [1.29, 1.82) is 5.26 Å². The zero-order valence-corrected chi connectivity index (χ0v) is 37.9. The summed E-state index contributed by atoms with van der Waals surface area (Å²) in [5.74, 6) is 0.525. The van der Waals surface area contributed by atoms with Crippen molar-refractivity contribution in [2.45, 2.75) is 108 Å². The zero-order valence-electron chi connectivity index (χ0n) is 37.9. The van der Waals surface area contributed by atoms with Crippen LogP contribution in [0.2, 0.25) is 0 Å². The van der Waals surface area contributed by atoms with Crippen LogP contribution in [0.1, 0.15) is 99.3 Å². The molecular weight excluding hydrogens is 821 g/mol. The highest BCUT2D eigenvalue weighted by Gasteiger charge is 2.55. The van der Waals surface area contributed by atoms with Gasteiger partial charge in [0.2, 0.25) is 5.89 Å². The van der Waals surface area contributed by atoms with Crippen LogP contribution in [0, 0.1) is 29.1 Å². The highest BCUT2D eigenvalue weighted by atomic mass is 16.5. The lowest BCUT2D eigenvalue weighted by atomic mass is 9.57. The summed E-state index contributed by atoms with van der Waals surface area (Å²) in [6.45, 7) is 3.29. The van der Waals surface area contributed by atoms with Crippen LogP contribution >= 0.6 is 0 Å². The van der Waals surface area contributed by atoms with Crippen molar-refractivity contribution < 1.29 is 33.7 Å². The van der Waals surface area contributed by atoms with Crippen LogP contribution in [-0.2, 0) is 22.7 Å². The SMILES string of the molecule is COc1cc(-n2ncc3c(-c4cccc(-c5nc6cc(CN(C)C78CCC(C(=O)O)(CC7)CC8)cc(C#N)c6o5)c4C)cccc32)cc(OC)c1CN(C)C12CCC(C(=O)O)(CC1)CC2. The van der Waals surface area contributed by atoms with E-state index in [4.69, 9.17) is 24.0 Å². The van der Waals surface area contributed by atoms with Crippen LogP contribution in [0.25, 0.3) is 50.3 Å². The number of benzene rings is 4. The number of carboxylic acids is 2. The van der Waals surface area contributed by atoms with Crippen LogP contribution in [0.3, 0.4) is 0 Å². The van der Waals surface area contributed by atoms with E-state index in [9.17, 15) is 25.1 Å². The number of hydrogen-bond donors (Lipinski definition) is 2. The maximum absolute atomic E-state index is 12.1. The van der Waals surface area contributed by atoms with Crippen LogP contribution in [0.15, 0.2) is 71.3 Å². The highest BCUT2D eigenvalue weighted by Crippen LogP contribution is 2.56. The number of aliphatic carboxylic acids is 2. The Morgan fingerprint density at radius 3 is 1.86 bits per heavy atom. The summed E-state index contributed by atoms with van der Waals surface area (Å²) < 4.78 is 20.4. The van der Waals surface area contributed by atoms with Crippen molar-refractivity contribution in [3.05, 3.63) is 89.1 Å². The second-order valence-corrected chi connectivity index (χ2v) is 19.6. The molecule has 336 valence electrons. The maximum atomic E-state index is 12.1. The lowest BCUT2D eigenvalue weighted by molar-refractivity contribution is -0.161. The first-order valence-electron chi connectivity index (χ1n) is 22.8. The molecule has 6 aliphatic carbocycles. The fourth-order valence-electron chi connectivity index (χ4n) is 12.2. The summed E-state index contributed by atoms with van der Waals surface area (Å²) in [5.41, 5.74) is 7.71. The second kappa shape index (κ2) is 15.7. The third-order valence-electron chi connectivity index (χ3n) is 16.7. The Hall–Kier alpha value is -6.23. The summed E-state index contributed by atoms with van der Waals surface area (Å²) in [7, 11) is 7.61. The van der Waals surface area contributed by atoms with Gasteiger partial charge in [0.15, 0.2) is 5.58 Å². The molecule has 0 unspecified atom stereocenters. The standard InChI is InChI=1S/C52H56N6O7/c1-32-36(8-6-9-37(32)46-55-41-25-33(24-34(28-53)45(41)65-46)30-56(2)51-18-12-49(13-19-51,14-20-51)47(59)60)38-10-7-11-42-39(38)29-54-58(42)35-26-43(63-4)40(44(27-35)64-5)31-57(3)52-21-15-50(16-22-52,17-23-52)48(61)62/h6-11,24-27,29H,12-23,30-31H2,1-5H3,(H,59,60)(H,61,62). The fourth-order valence-corrected chi connectivity index (χ4v) is 12.2. The highest BCUT2D eigenvalue weighted by molar-refractivity contribution is 5.97. The topological polar surface area (TPSA) is 167 Å². The van der Waals surface area contributed by atoms with E-state index >= 15 is 0 Å². The average Bonchev–Trinajstić information content (AvgIpc) is 3.97. The van der Waals surface area contributed by atoms with Gasteiger partial charge >= 0.3 is 11.9 Å². The van der Waals surface area contributed by atoms with Gasteiger partial charge in [0.1, 0.15) is 23.1 Å². The van der Waals surface area contributed by atoms with E-state index in [1.54, 1.807) is 14.2 Å². The van der Waals surface area contributed by atoms with E-state index in [0.717, 1.165) is 88.5 Å². The molecule has 0 atom stereocenters. The van der Waals surface area contributed by atoms with Crippen molar-refractivity contribution in [2.24, 2.45) is 10.8 Å². The summed E-state index contributed by atoms with van der Waals surface area (Å²) >= 11 is 0. The molecule has 13 heteroatoms. The molecule has 0 amide bonds. The van der Waals surface area contributed by atoms with Gasteiger partial charge in [-0.25, -0.2) is 9.67 Å². The molecule has 6 aromatic rings. The quantitative estimate of drug-likeness (QED) is 0.113. The van der Waals surface area contributed by atoms with E-state index in [-0.39, 0.29) is 11.1 Å². The lowest BCUT2D eigenvalue weighted by Gasteiger charge is -2.55. The van der Waals surface area contributed by atoms with E-state index < -0.39 is 22.8 Å².